The lowest BCUT2D eigenvalue weighted by molar-refractivity contribution is -0.145. The van der Waals surface area contributed by atoms with Gasteiger partial charge in [-0.3, -0.25) is 4.79 Å². The molecule has 0 bridgehead atoms. The van der Waals surface area contributed by atoms with E-state index >= 15 is 0 Å². The highest BCUT2D eigenvalue weighted by Crippen LogP contribution is 2.35. The lowest BCUT2D eigenvalue weighted by Gasteiger charge is -2.33. The molecule has 1 unspecified atom stereocenters. The van der Waals surface area contributed by atoms with Gasteiger partial charge in [0.25, 0.3) is 0 Å². The molecule has 0 radical (unpaired) electrons. The molecule has 0 aliphatic heterocycles. The summed E-state index contributed by atoms with van der Waals surface area (Å²) in [6.45, 7) is 8.86. The van der Waals surface area contributed by atoms with E-state index in [1.54, 1.807) is 58.9 Å². The van der Waals surface area contributed by atoms with Gasteiger partial charge in [-0.1, -0.05) is 48.5 Å². The second kappa shape index (κ2) is 8.25. The Kier molecular flexibility index (Phi) is 6.26. The fourth-order valence-electron chi connectivity index (χ4n) is 2.60. The molecule has 1 amide bonds. The first-order chi connectivity index (χ1) is 12.6. The van der Waals surface area contributed by atoms with Crippen LogP contribution in [0.5, 0.6) is 5.75 Å². The van der Waals surface area contributed by atoms with Crippen LogP contribution in [0.3, 0.4) is 0 Å². The molecular formula is C22H27NO4. The maximum absolute atomic E-state index is 12.9. The van der Waals surface area contributed by atoms with Gasteiger partial charge >= 0.3 is 12.1 Å². The van der Waals surface area contributed by atoms with Gasteiger partial charge < -0.3 is 14.8 Å². The number of hydrogen-bond acceptors (Lipinski definition) is 4. The Morgan fingerprint density at radius 3 is 1.89 bits per heavy atom. The number of ether oxygens (including phenoxy) is 2. The summed E-state index contributed by atoms with van der Waals surface area (Å²) in [4.78, 5) is 25.3. The molecule has 0 heterocycles. The number of benzene rings is 2. The Labute approximate surface area is 160 Å². The molecule has 1 N–H and O–H groups in total. The fraction of sp³-hybridized carbons (Fsp3) is 0.364. The van der Waals surface area contributed by atoms with Crippen LogP contribution in [0.4, 0.5) is 4.79 Å². The standard InChI is InChI=1S/C22H27NO4/c1-21(2,3)27-20(25)23-18(16-12-8-6-9-13-16)22(4,5)19(24)26-17-14-10-7-11-15-17/h6-15,18H,1-5H3,(H,23,25). The normalized spacial score (nSPS) is 12.8. The molecule has 0 saturated carbocycles. The zero-order valence-electron chi connectivity index (χ0n) is 16.5. The minimum absolute atomic E-state index is 0.446. The molecule has 0 aliphatic carbocycles. The molecule has 2 aromatic carbocycles. The maximum atomic E-state index is 12.9. The summed E-state index contributed by atoms with van der Waals surface area (Å²) in [6, 6.07) is 17.6. The van der Waals surface area contributed by atoms with Crippen molar-refractivity contribution in [1.29, 1.82) is 0 Å². The number of para-hydroxylation sites is 1. The summed E-state index contributed by atoms with van der Waals surface area (Å²) in [5.74, 6) is 0.0123. The third kappa shape index (κ3) is 5.84. The number of rotatable bonds is 5. The van der Waals surface area contributed by atoms with E-state index in [0.29, 0.717) is 5.75 Å². The molecule has 2 aromatic rings. The van der Waals surface area contributed by atoms with Gasteiger partial charge in [-0.2, -0.15) is 0 Å². The predicted octanol–water partition coefficient (Wildman–Crippen LogP) is 4.88. The Hall–Kier alpha value is -2.82. The highest BCUT2D eigenvalue weighted by atomic mass is 16.6. The van der Waals surface area contributed by atoms with E-state index < -0.39 is 29.1 Å². The van der Waals surface area contributed by atoms with Crippen LogP contribution in [-0.4, -0.2) is 17.7 Å². The van der Waals surface area contributed by atoms with Crippen LogP contribution in [-0.2, 0) is 9.53 Å². The first-order valence-corrected chi connectivity index (χ1v) is 8.91. The molecule has 5 nitrogen and oxygen atoms in total. The molecule has 144 valence electrons. The van der Waals surface area contributed by atoms with E-state index in [0.717, 1.165) is 5.56 Å². The third-order valence-corrected chi connectivity index (χ3v) is 4.00. The molecule has 2 rings (SSSR count). The van der Waals surface area contributed by atoms with E-state index in [1.807, 2.05) is 36.4 Å². The Bertz CT molecular complexity index is 764. The maximum Gasteiger partial charge on any atom is 0.408 e. The molecule has 0 fully saturated rings. The average molecular weight is 369 g/mol. The van der Waals surface area contributed by atoms with Crippen LogP contribution in [0, 0.1) is 5.41 Å². The monoisotopic (exact) mass is 369 g/mol. The summed E-state index contributed by atoms with van der Waals surface area (Å²) < 4.78 is 10.9. The summed E-state index contributed by atoms with van der Waals surface area (Å²) in [7, 11) is 0. The zero-order valence-corrected chi connectivity index (χ0v) is 16.5. The van der Waals surface area contributed by atoms with Crippen molar-refractivity contribution >= 4 is 12.1 Å². The van der Waals surface area contributed by atoms with Gasteiger partial charge in [-0.05, 0) is 52.3 Å². The number of esters is 1. The molecule has 1 atom stereocenters. The molecule has 0 aromatic heterocycles. The lowest BCUT2D eigenvalue weighted by Crippen LogP contribution is -2.45. The second-order valence-corrected chi connectivity index (χ2v) is 7.91. The van der Waals surface area contributed by atoms with Gasteiger partial charge in [-0.25, -0.2) is 4.79 Å². The van der Waals surface area contributed by atoms with Crippen LogP contribution in [0.1, 0.15) is 46.2 Å². The Balaban J connectivity index is 2.27. The Morgan fingerprint density at radius 1 is 0.852 bits per heavy atom. The predicted molar refractivity (Wildman–Crippen MR) is 104 cm³/mol. The molecule has 0 aliphatic rings. The SMILES string of the molecule is CC(C)(C)OC(=O)NC(c1ccccc1)C(C)(C)C(=O)Oc1ccccc1. The van der Waals surface area contributed by atoms with E-state index in [2.05, 4.69) is 5.32 Å². The van der Waals surface area contributed by atoms with Crippen molar-refractivity contribution in [2.24, 2.45) is 5.41 Å². The fourth-order valence-corrected chi connectivity index (χ4v) is 2.60. The number of carbonyl (C=O) groups is 2. The van der Waals surface area contributed by atoms with Crippen LogP contribution in [0.25, 0.3) is 0 Å². The van der Waals surface area contributed by atoms with Gasteiger partial charge in [-0.15, -0.1) is 0 Å². The third-order valence-electron chi connectivity index (χ3n) is 4.00. The van der Waals surface area contributed by atoms with Crippen molar-refractivity contribution in [3.05, 3.63) is 66.2 Å². The first-order valence-electron chi connectivity index (χ1n) is 8.91. The van der Waals surface area contributed by atoms with Crippen LogP contribution < -0.4 is 10.1 Å². The van der Waals surface area contributed by atoms with Crippen molar-refractivity contribution in [3.63, 3.8) is 0 Å². The van der Waals surface area contributed by atoms with Gasteiger partial charge in [0.05, 0.1) is 11.5 Å². The van der Waals surface area contributed by atoms with E-state index in [-0.39, 0.29) is 0 Å². The summed E-state index contributed by atoms with van der Waals surface area (Å²) in [5, 5.41) is 2.83. The number of amides is 1. The minimum atomic E-state index is -1.03. The van der Waals surface area contributed by atoms with Crippen molar-refractivity contribution in [2.75, 3.05) is 0 Å². The summed E-state index contributed by atoms with van der Waals surface area (Å²) in [6.07, 6.45) is -0.586. The largest absolute Gasteiger partial charge is 0.444 e. The van der Waals surface area contributed by atoms with Crippen molar-refractivity contribution in [2.45, 2.75) is 46.3 Å². The number of carbonyl (C=O) groups excluding carboxylic acids is 2. The topological polar surface area (TPSA) is 64.6 Å². The second-order valence-electron chi connectivity index (χ2n) is 7.91. The molecule has 27 heavy (non-hydrogen) atoms. The van der Waals surface area contributed by atoms with Gasteiger partial charge in [0.1, 0.15) is 11.4 Å². The molecular weight excluding hydrogens is 342 g/mol. The van der Waals surface area contributed by atoms with Gasteiger partial charge in [0.2, 0.25) is 0 Å². The number of nitrogens with one attached hydrogen (secondary N) is 1. The highest BCUT2D eigenvalue weighted by Gasteiger charge is 2.41. The van der Waals surface area contributed by atoms with Crippen LogP contribution in [0.2, 0.25) is 0 Å². The first kappa shape index (κ1) is 20.5. The Morgan fingerprint density at radius 2 is 1.37 bits per heavy atom. The number of hydrogen-bond donors (Lipinski definition) is 1. The van der Waals surface area contributed by atoms with E-state index in [1.165, 1.54) is 0 Å². The van der Waals surface area contributed by atoms with Crippen molar-refractivity contribution < 1.29 is 19.1 Å². The smallest absolute Gasteiger partial charge is 0.408 e. The lowest BCUT2D eigenvalue weighted by atomic mass is 9.80. The van der Waals surface area contributed by atoms with Crippen molar-refractivity contribution in [3.8, 4) is 5.75 Å². The zero-order chi connectivity index (χ0) is 20.1. The van der Waals surface area contributed by atoms with Crippen LogP contribution >= 0.6 is 0 Å². The van der Waals surface area contributed by atoms with Gasteiger partial charge in [0.15, 0.2) is 0 Å². The van der Waals surface area contributed by atoms with Crippen molar-refractivity contribution in [1.82, 2.24) is 5.32 Å². The summed E-state index contributed by atoms with van der Waals surface area (Å²) >= 11 is 0. The average Bonchev–Trinajstić information content (AvgIpc) is 2.59. The molecule has 0 saturated heterocycles. The minimum Gasteiger partial charge on any atom is -0.444 e. The van der Waals surface area contributed by atoms with Crippen LogP contribution in [0.15, 0.2) is 60.7 Å². The number of alkyl carbamates (subject to hydrolysis) is 1. The van der Waals surface area contributed by atoms with Gasteiger partial charge in [0, 0.05) is 0 Å². The molecule has 5 heteroatoms. The van der Waals surface area contributed by atoms with E-state index in [4.69, 9.17) is 9.47 Å². The highest BCUT2D eigenvalue weighted by molar-refractivity contribution is 5.81. The summed E-state index contributed by atoms with van der Waals surface area (Å²) in [5.41, 5.74) is -0.882. The molecule has 0 spiro atoms. The quantitative estimate of drug-likeness (QED) is 0.602. The van der Waals surface area contributed by atoms with E-state index in [9.17, 15) is 9.59 Å².